The first kappa shape index (κ1) is 17.4. The third-order valence-electron chi connectivity index (χ3n) is 4.23. The van der Waals surface area contributed by atoms with Crippen LogP contribution in [0.5, 0.6) is 0 Å². The highest BCUT2D eigenvalue weighted by Crippen LogP contribution is 2.23. The van der Waals surface area contributed by atoms with Gasteiger partial charge in [0.05, 0.1) is 18.8 Å². The molecule has 2 aromatic carbocycles. The van der Waals surface area contributed by atoms with E-state index in [1.165, 1.54) is 16.7 Å². The summed E-state index contributed by atoms with van der Waals surface area (Å²) in [6.07, 6.45) is 2.10. The minimum absolute atomic E-state index is 0.136. The van der Waals surface area contributed by atoms with Crippen LogP contribution in [0.2, 0.25) is 0 Å². The van der Waals surface area contributed by atoms with E-state index >= 15 is 0 Å². The van der Waals surface area contributed by atoms with Crippen molar-refractivity contribution in [3.8, 4) is 11.3 Å². The zero-order valence-corrected chi connectivity index (χ0v) is 14.9. The van der Waals surface area contributed by atoms with Crippen LogP contribution in [0.1, 0.15) is 22.3 Å². The molecule has 1 heterocycles. The summed E-state index contributed by atoms with van der Waals surface area (Å²) < 4.78 is 2.00. The maximum Gasteiger partial charge on any atom is 0.0968 e. The zero-order valence-electron chi connectivity index (χ0n) is 14.9. The first-order valence-electron chi connectivity index (χ1n) is 8.66. The van der Waals surface area contributed by atoms with Crippen molar-refractivity contribution in [3.05, 3.63) is 77.0 Å². The molecule has 2 N–H and O–H groups in total. The molecular weight excluding hydrogens is 310 g/mol. The van der Waals surface area contributed by atoms with Gasteiger partial charge in [0.25, 0.3) is 0 Å². The molecule has 0 fully saturated rings. The Kier molecular flexibility index (Phi) is 5.64. The van der Waals surface area contributed by atoms with Crippen molar-refractivity contribution < 1.29 is 5.11 Å². The number of aryl methyl sites for hydroxylation is 2. The van der Waals surface area contributed by atoms with Crippen molar-refractivity contribution >= 4 is 0 Å². The first-order valence-corrected chi connectivity index (χ1v) is 8.66. The number of nitrogens with zero attached hydrogens (tertiary/aromatic N) is 2. The second kappa shape index (κ2) is 8.10. The highest BCUT2D eigenvalue weighted by Gasteiger charge is 2.11. The molecule has 0 unspecified atom stereocenters. The van der Waals surface area contributed by atoms with E-state index in [1.54, 1.807) is 0 Å². The fourth-order valence-corrected chi connectivity index (χ4v) is 2.81. The maximum atomic E-state index is 9.00. The van der Waals surface area contributed by atoms with Crippen LogP contribution in [0.15, 0.2) is 54.7 Å². The van der Waals surface area contributed by atoms with E-state index in [-0.39, 0.29) is 6.61 Å². The second-order valence-corrected chi connectivity index (χ2v) is 6.45. The molecule has 4 nitrogen and oxygen atoms in total. The van der Waals surface area contributed by atoms with Crippen molar-refractivity contribution in [2.24, 2.45) is 0 Å². The zero-order chi connectivity index (χ0) is 17.6. The predicted octanol–water partition coefficient (Wildman–Crippen LogP) is 3.30. The van der Waals surface area contributed by atoms with Crippen molar-refractivity contribution in [2.75, 3.05) is 13.2 Å². The summed E-state index contributed by atoms with van der Waals surface area (Å²) in [4.78, 5) is 0. The number of nitrogens with one attached hydrogen (secondary N) is 1. The van der Waals surface area contributed by atoms with Gasteiger partial charge in [0.2, 0.25) is 0 Å². The van der Waals surface area contributed by atoms with Gasteiger partial charge in [-0.15, -0.1) is 0 Å². The SMILES string of the molecule is Cc1ccc(Cn2cc(CNCCO)c(-c3ccc(C)cc3)n2)cc1. The van der Waals surface area contributed by atoms with Crippen LogP contribution in [-0.2, 0) is 13.1 Å². The smallest absolute Gasteiger partial charge is 0.0968 e. The minimum Gasteiger partial charge on any atom is -0.395 e. The molecule has 0 aliphatic carbocycles. The van der Waals surface area contributed by atoms with Crippen molar-refractivity contribution in [1.29, 1.82) is 0 Å². The van der Waals surface area contributed by atoms with E-state index in [2.05, 4.69) is 73.9 Å². The van der Waals surface area contributed by atoms with Gasteiger partial charge < -0.3 is 10.4 Å². The van der Waals surface area contributed by atoms with E-state index in [1.807, 2.05) is 4.68 Å². The molecule has 0 bridgehead atoms. The normalized spacial score (nSPS) is 11.0. The Labute approximate surface area is 149 Å². The Morgan fingerprint density at radius 1 is 0.960 bits per heavy atom. The molecule has 0 radical (unpaired) electrons. The van der Waals surface area contributed by atoms with Crippen LogP contribution in [0.3, 0.4) is 0 Å². The predicted molar refractivity (Wildman–Crippen MR) is 101 cm³/mol. The molecule has 3 rings (SSSR count). The Morgan fingerprint density at radius 2 is 1.60 bits per heavy atom. The van der Waals surface area contributed by atoms with Gasteiger partial charge in [0.1, 0.15) is 0 Å². The average molecular weight is 335 g/mol. The molecule has 3 aromatic rings. The number of aliphatic hydroxyl groups is 1. The highest BCUT2D eigenvalue weighted by atomic mass is 16.3. The Morgan fingerprint density at radius 3 is 2.24 bits per heavy atom. The molecule has 130 valence electrons. The van der Waals surface area contributed by atoms with E-state index in [9.17, 15) is 0 Å². The summed E-state index contributed by atoms with van der Waals surface area (Å²) in [5.74, 6) is 0. The number of hydrogen-bond acceptors (Lipinski definition) is 3. The third-order valence-corrected chi connectivity index (χ3v) is 4.23. The molecule has 0 amide bonds. The van der Waals surface area contributed by atoms with Gasteiger partial charge in [0, 0.05) is 30.4 Å². The summed E-state index contributed by atoms with van der Waals surface area (Å²) in [5, 5.41) is 17.1. The molecule has 0 saturated carbocycles. The number of aliphatic hydroxyl groups excluding tert-OH is 1. The minimum atomic E-state index is 0.136. The molecule has 0 spiro atoms. The van der Waals surface area contributed by atoms with Crippen molar-refractivity contribution in [2.45, 2.75) is 26.9 Å². The summed E-state index contributed by atoms with van der Waals surface area (Å²) >= 11 is 0. The van der Waals surface area contributed by atoms with Gasteiger partial charge >= 0.3 is 0 Å². The number of benzene rings is 2. The fourth-order valence-electron chi connectivity index (χ4n) is 2.81. The number of rotatable bonds is 7. The second-order valence-electron chi connectivity index (χ2n) is 6.45. The van der Waals surface area contributed by atoms with Crippen LogP contribution in [0.4, 0.5) is 0 Å². The lowest BCUT2D eigenvalue weighted by Crippen LogP contribution is -2.17. The number of aromatic nitrogens is 2. The van der Waals surface area contributed by atoms with Crippen LogP contribution in [-0.4, -0.2) is 28.0 Å². The van der Waals surface area contributed by atoms with Gasteiger partial charge in [-0.05, 0) is 19.4 Å². The third kappa shape index (κ3) is 4.56. The molecule has 0 atom stereocenters. The fraction of sp³-hybridized carbons (Fsp3) is 0.286. The molecule has 0 aliphatic rings. The summed E-state index contributed by atoms with van der Waals surface area (Å²) in [6, 6.07) is 17.0. The van der Waals surface area contributed by atoms with E-state index in [0.29, 0.717) is 13.1 Å². The Balaban J connectivity index is 1.87. The van der Waals surface area contributed by atoms with Crippen LogP contribution in [0, 0.1) is 13.8 Å². The monoisotopic (exact) mass is 335 g/mol. The largest absolute Gasteiger partial charge is 0.395 e. The van der Waals surface area contributed by atoms with E-state index < -0.39 is 0 Å². The van der Waals surface area contributed by atoms with Gasteiger partial charge in [-0.3, -0.25) is 4.68 Å². The molecule has 4 heteroatoms. The lowest BCUT2D eigenvalue weighted by atomic mass is 10.1. The standard InChI is InChI=1S/C21H25N3O/c1-16-3-7-18(8-4-16)14-24-15-20(13-22-11-12-25)21(23-24)19-9-5-17(2)6-10-19/h3-10,15,22,25H,11-14H2,1-2H3. The quantitative estimate of drug-likeness (QED) is 0.651. The molecular formula is C21H25N3O. The van der Waals surface area contributed by atoms with Crippen molar-refractivity contribution in [1.82, 2.24) is 15.1 Å². The maximum absolute atomic E-state index is 9.00. The van der Waals surface area contributed by atoms with Crippen molar-refractivity contribution in [3.63, 3.8) is 0 Å². The molecule has 0 aliphatic heterocycles. The summed E-state index contributed by atoms with van der Waals surface area (Å²) in [6.45, 7) is 6.34. The molecule has 25 heavy (non-hydrogen) atoms. The Hall–Kier alpha value is -2.43. The van der Waals surface area contributed by atoms with Gasteiger partial charge in [-0.25, -0.2) is 0 Å². The van der Waals surface area contributed by atoms with E-state index in [0.717, 1.165) is 23.4 Å². The van der Waals surface area contributed by atoms with Gasteiger partial charge in [-0.1, -0.05) is 59.7 Å². The van der Waals surface area contributed by atoms with Gasteiger partial charge in [-0.2, -0.15) is 5.10 Å². The average Bonchev–Trinajstić information content (AvgIpc) is 3.00. The molecule has 1 aromatic heterocycles. The highest BCUT2D eigenvalue weighted by molar-refractivity contribution is 5.63. The lowest BCUT2D eigenvalue weighted by Gasteiger charge is -2.04. The van der Waals surface area contributed by atoms with Crippen LogP contribution in [0.25, 0.3) is 11.3 Å². The van der Waals surface area contributed by atoms with Gasteiger partial charge in [0.15, 0.2) is 0 Å². The number of hydrogen-bond donors (Lipinski definition) is 2. The summed E-state index contributed by atoms with van der Waals surface area (Å²) in [5.41, 5.74) is 7.00. The Bertz CT molecular complexity index is 804. The lowest BCUT2D eigenvalue weighted by molar-refractivity contribution is 0.292. The van der Waals surface area contributed by atoms with Crippen LogP contribution < -0.4 is 5.32 Å². The van der Waals surface area contributed by atoms with E-state index in [4.69, 9.17) is 10.2 Å². The summed E-state index contributed by atoms with van der Waals surface area (Å²) in [7, 11) is 0. The topological polar surface area (TPSA) is 50.1 Å². The molecule has 0 saturated heterocycles. The van der Waals surface area contributed by atoms with Crippen LogP contribution >= 0.6 is 0 Å². The first-order chi connectivity index (χ1) is 12.2.